The van der Waals surface area contributed by atoms with Gasteiger partial charge >= 0.3 is 6.03 Å². The lowest BCUT2D eigenvalue weighted by atomic mass is 10.1. The van der Waals surface area contributed by atoms with Gasteiger partial charge in [0, 0.05) is 48.5 Å². The molecular weight excluding hydrogens is 310 g/mol. The zero-order valence-electron chi connectivity index (χ0n) is 14.0. The number of rotatable bonds is 7. The first-order valence-electron chi connectivity index (χ1n) is 8.13. The minimum Gasteiger partial charge on any atom is -0.338 e. The quantitative estimate of drug-likeness (QED) is 0.794. The second kappa shape index (κ2) is 9.03. The molecule has 2 amide bonds. The second-order valence-electron chi connectivity index (χ2n) is 6.37. The first-order chi connectivity index (χ1) is 11.0. The van der Waals surface area contributed by atoms with E-state index in [4.69, 9.17) is 0 Å². The summed E-state index contributed by atoms with van der Waals surface area (Å²) >= 11 is 0. The molecule has 1 fully saturated rings. The Balaban J connectivity index is 1.65. The average Bonchev–Trinajstić information content (AvgIpc) is 2.93. The van der Waals surface area contributed by atoms with Crippen molar-refractivity contribution in [1.29, 1.82) is 0 Å². The van der Waals surface area contributed by atoms with Crippen LogP contribution in [0.25, 0.3) is 0 Å². The summed E-state index contributed by atoms with van der Waals surface area (Å²) in [4.78, 5) is 14.3. The third-order valence-electron chi connectivity index (χ3n) is 4.03. The molecule has 0 aromatic heterocycles. The van der Waals surface area contributed by atoms with Gasteiger partial charge in [-0.25, -0.2) is 4.79 Å². The number of urea groups is 1. The summed E-state index contributed by atoms with van der Waals surface area (Å²) in [6, 6.07) is 10.2. The van der Waals surface area contributed by atoms with Gasteiger partial charge in [-0.2, -0.15) is 0 Å². The van der Waals surface area contributed by atoms with Crippen molar-refractivity contribution >= 4 is 16.8 Å². The molecule has 1 aromatic rings. The molecule has 6 heteroatoms. The fourth-order valence-electron chi connectivity index (χ4n) is 2.97. The normalized spacial score (nSPS) is 20.9. The summed E-state index contributed by atoms with van der Waals surface area (Å²) in [5.74, 6) is 0.988. The highest BCUT2D eigenvalue weighted by Crippen LogP contribution is 2.17. The van der Waals surface area contributed by atoms with Crippen molar-refractivity contribution in [3.05, 3.63) is 35.9 Å². The molecule has 2 N–H and O–H groups in total. The highest BCUT2D eigenvalue weighted by molar-refractivity contribution is 7.84. The van der Waals surface area contributed by atoms with Crippen LogP contribution in [0.5, 0.6) is 0 Å². The van der Waals surface area contributed by atoms with E-state index in [0.29, 0.717) is 18.2 Å². The van der Waals surface area contributed by atoms with Crippen LogP contribution in [0.3, 0.4) is 0 Å². The first kappa shape index (κ1) is 17.9. The molecule has 1 aliphatic heterocycles. The number of hydrogen-bond acceptors (Lipinski definition) is 3. The molecule has 0 aliphatic carbocycles. The molecule has 128 valence electrons. The van der Waals surface area contributed by atoms with Gasteiger partial charge in [-0.15, -0.1) is 0 Å². The van der Waals surface area contributed by atoms with Crippen molar-refractivity contribution < 1.29 is 9.00 Å². The highest BCUT2D eigenvalue weighted by Gasteiger charge is 2.22. The number of carbonyl (C=O) groups excluding carboxylic acids is 1. The minimum absolute atomic E-state index is 0.0704. The average molecular weight is 337 g/mol. The van der Waals surface area contributed by atoms with Gasteiger partial charge in [0.25, 0.3) is 0 Å². The maximum Gasteiger partial charge on any atom is 0.315 e. The summed E-state index contributed by atoms with van der Waals surface area (Å²) < 4.78 is 11.1. The van der Waals surface area contributed by atoms with Crippen LogP contribution in [-0.2, 0) is 17.3 Å². The van der Waals surface area contributed by atoms with E-state index < -0.39 is 10.8 Å². The summed E-state index contributed by atoms with van der Waals surface area (Å²) in [5, 5.41) is 5.77. The third kappa shape index (κ3) is 6.71. The minimum atomic E-state index is -0.891. The van der Waals surface area contributed by atoms with E-state index in [1.54, 1.807) is 6.26 Å². The van der Waals surface area contributed by atoms with Gasteiger partial charge in [0.2, 0.25) is 0 Å². The molecule has 0 bridgehead atoms. The Morgan fingerprint density at radius 2 is 2.13 bits per heavy atom. The molecule has 5 nitrogen and oxygen atoms in total. The van der Waals surface area contributed by atoms with Crippen LogP contribution in [0.1, 0.15) is 18.9 Å². The van der Waals surface area contributed by atoms with Gasteiger partial charge in [0.1, 0.15) is 0 Å². The predicted octanol–water partition coefficient (Wildman–Crippen LogP) is 1.57. The molecule has 1 heterocycles. The van der Waals surface area contributed by atoms with Gasteiger partial charge < -0.3 is 10.6 Å². The van der Waals surface area contributed by atoms with Crippen molar-refractivity contribution in [2.24, 2.45) is 5.92 Å². The summed E-state index contributed by atoms with van der Waals surface area (Å²) in [7, 11) is -0.891. The third-order valence-corrected chi connectivity index (χ3v) is 5.00. The van der Waals surface area contributed by atoms with Gasteiger partial charge in [-0.05, 0) is 31.4 Å². The number of carbonyl (C=O) groups is 1. The van der Waals surface area contributed by atoms with E-state index in [1.165, 1.54) is 5.56 Å². The molecule has 1 saturated heterocycles. The molecule has 3 atom stereocenters. The van der Waals surface area contributed by atoms with Gasteiger partial charge in [0.15, 0.2) is 0 Å². The van der Waals surface area contributed by atoms with Crippen molar-refractivity contribution in [2.45, 2.75) is 25.9 Å². The van der Waals surface area contributed by atoms with Crippen molar-refractivity contribution in [2.75, 3.05) is 31.6 Å². The lowest BCUT2D eigenvalue weighted by molar-refractivity contribution is 0.236. The number of likely N-dealkylation sites (tertiary alicyclic amines) is 1. The largest absolute Gasteiger partial charge is 0.338 e. The van der Waals surface area contributed by atoms with E-state index in [0.717, 1.165) is 26.1 Å². The lowest BCUT2D eigenvalue weighted by Crippen LogP contribution is -2.44. The van der Waals surface area contributed by atoms with Gasteiger partial charge in [-0.3, -0.25) is 9.11 Å². The van der Waals surface area contributed by atoms with E-state index in [9.17, 15) is 9.00 Å². The van der Waals surface area contributed by atoms with E-state index >= 15 is 0 Å². The Morgan fingerprint density at radius 1 is 1.39 bits per heavy atom. The summed E-state index contributed by atoms with van der Waals surface area (Å²) in [6.07, 6.45) is 2.76. The molecule has 0 radical (unpaired) electrons. The fourth-order valence-corrected chi connectivity index (χ4v) is 3.76. The van der Waals surface area contributed by atoms with Crippen LogP contribution in [0.4, 0.5) is 4.79 Å². The second-order valence-corrected chi connectivity index (χ2v) is 7.85. The SMILES string of the molecule is CC(CS(C)=O)NC(=O)NCC1CCN(Cc2ccccc2)C1. The Bertz CT molecular complexity index is 524. The maximum absolute atomic E-state index is 11.8. The zero-order valence-corrected chi connectivity index (χ0v) is 14.8. The van der Waals surface area contributed by atoms with E-state index in [1.807, 2.05) is 13.0 Å². The molecular formula is C17H27N3O2S. The Hall–Kier alpha value is -1.40. The van der Waals surface area contributed by atoms with Crippen molar-refractivity contribution in [3.8, 4) is 0 Å². The molecule has 3 unspecified atom stereocenters. The molecule has 0 spiro atoms. The van der Waals surface area contributed by atoms with Crippen LogP contribution in [-0.4, -0.2) is 52.8 Å². The molecule has 0 saturated carbocycles. The number of amides is 2. The van der Waals surface area contributed by atoms with Crippen LogP contribution in [0, 0.1) is 5.92 Å². The number of hydrogen-bond donors (Lipinski definition) is 2. The molecule has 1 aromatic carbocycles. The smallest absolute Gasteiger partial charge is 0.315 e. The lowest BCUT2D eigenvalue weighted by Gasteiger charge is -2.17. The van der Waals surface area contributed by atoms with Crippen LogP contribution < -0.4 is 10.6 Å². The zero-order chi connectivity index (χ0) is 16.7. The van der Waals surface area contributed by atoms with Crippen molar-refractivity contribution in [3.63, 3.8) is 0 Å². The van der Waals surface area contributed by atoms with Gasteiger partial charge in [0.05, 0.1) is 0 Å². The standard InChI is InChI=1S/C17H27N3O2S/c1-14(13-23(2)22)19-17(21)18-10-16-8-9-20(12-16)11-15-6-4-3-5-7-15/h3-7,14,16H,8-13H2,1-2H3,(H2,18,19,21). The number of nitrogens with one attached hydrogen (secondary N) is 2. The van der Waals surface area contributed by atoms with E-state index in [2.05, 4.69) is 39.8 Å². The van der Waals surface area contributed by atoms with Crippen molar-refractivity contribution in [1.82, 2.24) is 15.5 Å². The summed E-state index contributed by atoms with van der Waals surface area (Å²) in [5.41, 5.74) is 1.33. The fraction of sp³-hybridized carbons (Fsp3) is 0.588. The monoisotopic (exact) mass is 337 g/mol. The Kier molecular flexibility index (Phi) is 7.05. The number of benzene rings is 1. The Morgan fingerprint density at radius 3 is 2.83 bits per heavy atom. The molecule has 23 heavy (non-hydrogen) atoms. The van der Waals surface area contributed by atoms with Crippen LogP contribution in [0.2, 0.25) is 0 Å². The van der Waals surface area contributed by atoms with Crippen LogP contribution in [0.15, 0.2) is 30.3 Å². The predicted molar refractivity (Wildman–Crippen MR) is 94.8 cm³/mol. The van der Waals surface area contributed by atoms with Crippen LogP contribution >= 0.6 is 0 Å². The Labute approximate surface area is 141 Å². The summed E-state index contributed by atoms with van der Waals surface area (Å²) in [6.45, 7) is 5.64. The first-order valence-corrected chi connectivity index (χ1v) is 9.86. The number of nitrogens with zero attached hydrogens (tertiary/aromatic N) is 1. The van der Waals surface area contributed by atoms with E-state index in [-0.39, 0.29) is 12.1 Å². The highest BCUT2D eigenvalue weighted by atomic mass is 32.2. The molecule has 1 aliphatic rings. The molecule has 2 rings (SSSR count). The topological polar surface area (TPSA) is 61.4 Å². The maximum atomic E-state index is 11.8. The van der Waals surface area contributed by atoms with Gasteiger partial charge in [-0.1, -0.05) is 30.3 Å².